The molecule has 3 heterocycles. The van der Waals surface area contributed by atoms with Crippen LogP contribution in [0.4, 0.5) is 0 Å². The van der Waals surface area contributed by atoms with Crippen LogP contribution in [0.3, 0.4) is 0 Å². The number of nitrogens with one attached hydrogen (secondary N) is 1. The van der Waals surface area contributed by atoms with Crippen LogP contribution in [0.1, 0.15) is 40.1 Å². The lowest BCUT2D eigenvalue weighted by Gasteiger charge is -2.34. The summed E-state index contributed by atoms with van der Waals surface area (Å²) in [6.07, 6.45) is 3.27. The van der Waals surface area contributed by atoms with Crippen LogP contribution >= 0.6 is 0 Å². The summed E-state index contributed by atoms with van der Waals surface area (Å²) in [4.78, 5) is 27.3. The first-order valence-electron chi connectivity index (χ1n) is 10.4. The molecule has 0 bridgehead atoms. The largest absolute Gasteiger partial charge is 0.427 e. The molecule has 2 aromatic rings. The van der Waals surface area contributed by atoms with E-state index in [0.717, 1.165) is 32.4 Å². The van der Waals surface area contributed by atoms with E-state index in [1.54, 1.807) is 4.90 Å². The van der Waals surface area contributed by atoms with Gasteiger partial charge < -0.3 is 19.4 Å². The molecule has 1 aromatic carbocycles. The maximum Gasteiger partial charge on any atom is 0.349 e. The number of amides is 1. The van der Waals surface area contributed by atoms with E-state index in [1.165, 1.54) is 5.56 Å². The summed E-state index contributed by atoms with van der Waals surface area (Å²) in [6.45, 7) is 5.15. The molecule has 2 saturated heterocycles. The predicted octanol–water partition coefficient (Wildman–Crippen LogP) is 2.33. The first-order chi connectivity index (χ1) is 14.1. The number of hydrogen-bond acceptors (Lipinski definition) is 5. The first kappa shape index (κ1) is 19.9. The van der Waals surface area contributed by atoms with E-state index in [0.29, 0.717) is 37.4 Å². The number of likely N-dealkylation sites (tertiary alicyclic amines) is 1. The minimum Gasteiger partial charge on any atom is -0.427 e. The van der Waals surface area contributed by atoms with Gasteiger partial charge in [-0.2, -0.15) is 0 Å². The number of morpholine rings is 1. The molecule has 1 aromatic heterocycles. The molecule has 1 amide bonds. The molecule has 4 rings (SSSR count). The summed E-state index contributed by atoms with van der Waals surface area (Å²) in [5.41, 5.74) is 1.25. The highest BCUT2D eigenvalue weighted by atomic mass is 16.5. The van der Waals surface area contributed by atoms with Crippen molar-refractivity contribution < 1.29 is 13.9 Å². The molecule has 0 radical (unpaired) electrons. The van der Waals surface area contributed by atoms with E-state index in [2.05, 4.69) is 17.4 Å². The molecular formula is C23H28N2O4. The van der Waals surface area contributed by atoms with Gasteiger partial charge in [-0.3, -0.25) is 4.79 Å². The normalized spacial score (nSPS) is 21.6. The van der Waals surface area contributed by atoms with Gasteiger partial charge in [0.25, 0.3) is 5.91 Å². The zero-order valence-corrected chi connectivity index (χ0v) is 16.9. The van der Waals surface area contributed by atoms with E-state index in [9.17, 15) is 9.59 Å². The van der Waals surface area contributed by atoms with Gasteiger partial charge in [0.05, 0.1) is 18.8 Å². The Bertz CT molecular complexity index is 916. The average Bonchev–Trinajstić information content (AvgIpc) is 3.12. The second kappa shape index (κ2) is 8.51. The van der Waals surface area contributed by atoms with Gasteiger partial charge in [-0.1, -0.05) is 30.3 Å². The van der Waals surface area contributed by atoms with Crippen molar-refractivity contribution in [2.75, 3.05) is 32.8 Å². The van der Waals surface area contributed by atoms with Gasteiger partial charge >= 0.3 is 5.63 Å². The zero-order valence-electron chi connectivity index (χ0n) is 16.9. The van der Waals surface area contributed by atoms with Crippen molar-refractivity contribution in [1.29, 1.82) is 0 Å². The summed E-state index contributed by atoms with van der Waals surface area (Å²) in [5.74, 6) is 0.385. The molecule has 6 heteroatoms. The number of benzene rings is 1. The van der Waals surface area contributed by atoms with Crippen LogP contribution < -0.4 is 10.9 Å². The Morgan fingerprint density at radius 3 is 2.79 bits per heavy atom. The van der Waals surface area contributed by atoms with Crippen molar-refractivity contribution in [3.63, 3.8) is 0 Å². The van der Waals surface area contributed by atoms with Gasteiger partial charge in [0.15, 0.2) is 0 Å². The Balaban J connectivity index is 1.41. The van der Waals surface area contributed by atoms with Crippen molar-refractivity contribution in [3.8, 4) is 0 Å². The number of ether oxygens (including phenoxy) is 1. The van der Waals surface area contributed by atoms with Crippen molar-refractivity contribution >= 4 is 5.91 Å². The van der Waals surface area contributed by atoms with Gasteiger partial charge in [0.1, 0.15) is 11.3 Å². The molecule has 1 unspecified atom stereocenters. The van der Waals surface area contributed by atoms with Crippen LogP contribution in [0.25, 0.3) is 0 Å². The fourth-order valence-corrected chi connectivity index (χ4v) is 4.31. The molecule has 0 saturated carbocycles. The lowest BCUT2D eigenvalue weighted by atomic mass is 10.0. The third-order valence-corrected chi connectivity index (χ3v) is 5.88. The Morgan fingerprint density at radius 1 is 1.24 bits per heavy atom. The highest BCUT2D eigenvalue weighted by Gasteiger charge is 2.42. The molecular weight excluding hydrogens is 368 g/mol. The Morgan fingerprint density at radius 2 is 2.07 bits per heavy atom. The minimum atomic E-state index is -0.534. The Kier molecular flexibility index (Phi) is 5.83. The topological polar surface area (TPSA) is 71.8 Å². The quantitative estimate of drug-likeness (QED) is 0.840. The van der Waals surface area contributed by atoms with Crippen LogP contribution in [0, 0.1) is 6.92 Å². The molecule has 2 aliphatic rings. The SMILES string of the molecule is Cc1cc(CCCc2ccccc2)oc(=O)c1C(=O)N1CCC2(CNCCO2)C1. The second-order valence-electron chi connectivity index (χ2n) is 8.08. The van der Waals surface area contributed by atoms with Crippen LogP contribution in [0.5, 0.6) is 0 Å². The summed E-state index contributed by atoms with van der Waals surface area (Å²) in [5, 5.41) is 3.34. The summed E-state index contributed by atoms with van der Waals surface area (Å²) < 4.78 is 11.4. The highest BCUT2D eigenvalue weighted by molar-refractivity contribution is 5.95. The smallest absolute Gasteiger partial charge is 0.349 e. The third kappa shape index (κ3) is 4.43. The van der Waals surface area contributed by atoms with Gasteiger partial charge in [0.2, 0.25) is 0 Å². The van der Waals surface area contributed by atoms with Gasteiger partial charge in [0, 0.05) is 26.1 Å². The number of aryl methyl sites for hydroxylation is 3. The second-order valence-corrected chi connectivity index (χ2v) is 8.08. The molecule has 29 heavy (non-hydrogen) atoms. The highest BCUT2D eigenvalue weighted by Crippen LogP contribution is 2.27. The maximum atomic E-state index is 13.0. The molecule has 6 nitrogen and oxygen atoms in total. The number of rotatable bonds is 5. The van der Waals surface area contributed by atoms with E-state index < -0.39 is 5.63 Å². The van der Waals surface area contributed by atoms with Crippen molar-refractivity contribution in [3.05, 3.63) is 69.3 Å². The monoisotopic (exact) mass is 396 g/mol. The van der Waals surface area contributed by atoms with Gasteiger partial charge in [-0.15, -0.1) is 0 Å². The van der Waals surface area contributed by atoms with Crippen LogP contribution in [0.2, 0.25) is 0 Å². The lowest BCUT2D eigenvalue weighted by molar-refractivity contribution is -0.0559. The van der Waals surface area contributed by atoms with E-state index in [-0.39, 0.29) is 17.1 Å². The van der Waals surface area contributed by atoms with Crippen LogP contribution in [-0.4, -0.2) is 49.2 Å². The number of hydrogen-bond donors (Lipinski definition) is 1. The number of carbonyl (C=O) groups is 1. The third-order valence-electron chi connectivity index (χ3n) is 5.88. The molecule has 0 aliphatic carbocycles. The van der Waals surface area contributed by atoms with E-state index in [1.807, 2.05) is 31.2 Å². The minimum absolute atomic E-state index is 0.151. The van der Waals surface area contributed by atoms with E-state index in [4.69, 9.17) is 9.15 Å². The maximum absolute atomic E-state index is 13.0. The zero-order chi connectivity index (χ0) is 20.3. The number of carbonyl (C=O) groups excluding carboxylic acids is 1. The fourth-order valence-electron chi connectivity index (χ4n) is 4.31. The number of nitrogens with zero attached hydrogens (tertiary/aromatic N) is 1. The Hall–Kier alpha value is -2.44. The molecule has 2 aliphatic heterocycles. The average molecular weight is 396 g/mol. The van der Waals surface area contributed by atoms with Gasteiger partial charge in [-0.25, -0.2) is 4.79 Å². The van der Waals surface area contributed by atoms with Crippen molar-refractivity contribution in [2.24, 2.45) is 0 Å². The van der Waals surface area contributed by atoms with Crippen molar-refractivity contribution in [2.45, 2.75) is 38.2 Å². The summed E-state index contributed by atoms with van der Waals surface area (Å²) in [6, 6.07) is 12.1. The van der Waals surface area contributed by atoms with Crippen LogP contribution in [0.15, 0.2) is 45.6 Å². The van der Waals surface area contributed by atoms with Crippen LogP contribution in [-0.2, 0) is 17.6 Å². The lowest BCUT2D eigenvalue weighted by Crippen LogP contribution is -2.51. The van der Waals surface area contributed by atoms with Gasteiger partial charge in [-0.05, 0) is 43.4 Å². The summed E-state index contributed by atoms with van der Waals surface area (Å²) in [7, 11) is 0. The molecule has 1 N–H and O–H groups in total. The van der Waals surface area contributed by atoms with E-state index >= 15 is 0 Å². The molecule has 1 atom stereocenters. The fraction of sp³-hybridized carbons (Fsp3) is 0.478. The predicted molar refractivity (Wildman–Crippen MR) is 110 cm³/mol. The summed E-state index contributed by atoms with van der Waals surface area (Å²) >= 11 is 0. The Labute approximate surface area is 170 Å². The molecule has 2 fully saturated rings. The molecule has 154 valence electrons. The van der Waals surface area contributed by atoms with Crippen molar-refractivity contribution in [1.82, 2.24) is 10.2 Å². The first-order valence-corrected chi connectivity index (χ1v) is 10.4. The molecule has 1 spiro atoms. The standard InChI is InChI=1S/C23H28N2O4/c1-17-14-19(9-5-8-18-6-3-2-4-7-18)29-22(27)20(17)21(26)25-12-10-23(16-25)15-24-11-13-28-23/h2-4,6-7,14,24H,5,8-13,15-16H2,1H3.